The summed E-state index contributed by atoms with van der Waals surface area (Å²) >= 11 is 0. The number of hydrogen-bond donors (Lipinski definition) is 0. The van der Waals surface area contributed by atoms with Crippen LogP contribution in [-0.4, -0.2) is 43.8 Å². The zero-order valence-corrected chi connectivity index (χ0v) is 11.7. The van der Waals surface area contributed by atoms with Crippen molar-refractivity contribution in [1.29, 1.82) is 0 Å². The highest BCUT2D eigenvalue weighted by Crippen LogP contribution is 2.22. The summed E-state index contributed by atoms with van der Waals surface area (Å²) in [5.41, 5.74) is 1.23. The molecule has 1 aromatic rings. The smallest absolute Gasteiger partial charge is 0.409 e. The van der Waals surface area contributed by atoms with Crippen molar-refractivity contribution in [3.8, 4) is 0 Å². The van der Waals surface area contributed by atoms with Crippen molar-refractivity contribution in [3.05, 3.63) is 30.3 Å². The maximum absolute atomic E-state index is 11.6. The molecule has 1 amide bonds. The third-order valence-corrected chi connectivity index (χ3v) is 3.70. The van der Waals surface area contributed by atoms with Gasteiger partial charge in [0.25, 0.3) is 0 Å². The zero-order chi connectivity index (χ0) is 13.7. The number of ether oxygens (including phenoxy) is 1. The lowest BCUT2D eigenvalue weighted by atomic mass is 10.0. The Bertz CT molecular complexity index is 400. The summed E-state index contributed by atoms with van der Waals surface area (Å²) < 4.78 is 5.04. The van der Waals surface area contributed by atoms with Gasteiger partial charge in [0.15, 0.2) is 0 Å². The first-order valence-corrected chi connectivity index (χ1v) is 6.92. The molecule has 0 unspecified atom stereocenters. The second kappa shape index (κ2) is 6.45. The minimum absolute atomic E-state index is 0.177. The van der Waals surface area contributed by atoms with E-state index in [0.29, 0.717) is 12.6 Å². The Morgan fingerprint density at radius 3 is 2.53 bits per heavy atom. The van der Waals surface area contributed by atoms with Crippen molar-refractivity contribution in [2.45, 2.75) is 25.8 Å². The van der Waals surface area contributed by atoms with Gasteiger partial charge >= 0.3 is 6.09 Å². The number of hydrogen-bond acceptors (Lipinski definition) is 3. The molecule has 2 rings (SSSR count). The highest BCUT2D eigenvalue weighted by molar-refractivity contribution is 5.67. The molecule has 0 bridgehead atoms. The van der Waals surface area contributed by atoms with Crippen LogP contribution in [0.4, 0.5) is 10.5 Å². The molecule has 1 saturated heterocycles. The summed E-state index contributed by atoms with van der Waals surface area (Å²) in [6, 6.07) is 10.9. The summed E-state index contributed by atoms with van der Waals surface area (Å²) in [6.07, 6.45) is 1.80. The summed E-state index contributed by atoms with van der Waals surface area (Å²) in [7, 11) is 2.13. The first kappa shape index (κ1) is 13.7. The van der Waals surface area contributed by atoms with Crippen LogP contribution in [-0.2, 0) is 4.74 Å². The van der Waals surface area contributed by atoms with E-state index in [2.05, 4.69) is 36.2 Å². The molecule has 0 spiro atoms. The Morgan fingerprint density at radius 1 is 1.32 bits per heavy atom. The average molecular weight is 262 g/mol. The standard InChI is InChI=1S/C15H22N2O2/c1-3-19-15(18)17-11-9-14(10-12-17)16(2)13-7-5-4-6-8-13/h4-8,14H,3,9-12H2,1-2H3. The fraction of sp³-hybridized carbons (Fsp3) is 0.533. The molecule has 1 aliphatic rings. The van der Waals surface area contributed by atoms with E-state index in [4.69, 9.17) is 4.74 Å². The molecule has 104 valence electrons. The van der Waals surface area contributed by atoms with E-state index in [-0.39, 0.29) is 6.09 Å². The Labute approximate surface area is 115 Å². The SMILES string of the molecule is CCOC(=O)N1CCC(N(C)c2ccccc2)CC1. The van der Waals surface area contributed by atoms with Gasteiger partial charge in [-0.15, -0.1) is 0 Å². The molecule has 0 radical (unpaired) electrons. The Balaban J connectivity index is 1.88. The first-order valence-electron chi connectivity index (χ1n) is 6.92. The topological polar surface area (TPSA) is 32.8 Å². The van der Waals surface area contributed by atoms with Crippen molar-refractivity contribution in [2.24, 2.45) is 0 Å². The van der Waals surface area contributed by atoms with Gasteiger partial charge in [-0.1, -0.05) is 18.2 Å². The fourth-order valence-corrected chi connectivity index (χ4v) is 2.52. The van der Waals surface area contributed by atoms with Gasteiger partial charge in [0.1, 0.15) is 0 Å². The van der Waals surface area contributed by atoms with Crippen LogP contribution < -0.4 is 4.90 Å². The van der Waals surface area contributed by atoms with Crippen molar-refractivity contribution in [2.75, 3.05) is 31.6 Å². The van der Waals surface area contributed by atoms with Gasteiger partial charge in [-0.05, 0) is 31.9 Å². The third-order valence-electron chi connectivity index (χ3n) is 3.70. The molecule has 0 aromatic heterocycles. The van der Waals surface area contributed by atoms with E-state index in [1.165, 1.54) is 5.69 Å². The molecule has 19 heavy (non-hydrogen) atoms. The van der Waals surface area contributed by atoms with Crippen LogP contribution in [0.5, 0.6) is 0 Å². The predicted molar refractivity (Wildman–Crippen MR) is 76.5 cm³/mol. The quantitative estimate of drug-likeness (QED) is 0.839. The Kier molecular flexibility index (Phi) is 4.66. The molecule has 4 heteroatoms. The molecule has 1 aromatic carbocycles. The van der Waals surface area contributed by atoms with Crippen molar-refractivity contribution >= 4 is 11.8 Å². The monoisotopic (exact) mass is 262 g/mol. The second-order valence-electron chi connectivity index (χ2n) is 4.86. The first-order chi connectivity index (χ1) is 9.22. The van der Waals surface area contributed by atoms with Gasteiger partial charge in [-0.3, -0.25) is 0 Å². The van der Waals surface area contributed by atoms with Crippen LogP contribution in [0.3, 0.4) is 0 Å². The van der Waals surface area contributed by atoms with Crippen LogP contribution >= 0.6 is 0 Å². The average Bonchev–Trinajstić information content (AvgIpc) is 2.48. The van der Waals surface area contributed by atoms with Crippen LogP contribution in [0.1, 0.15) is 19.8 Å². The molecule has 0 aliphatic carbocycles. The number of anilines is 1. The van der Waals surface area contributed by atoms with E-state index in [0.717, 1.165) is 25.9 Å². The number of nitrogens with zero attached hydrogens (tertiary/aromatic N) is 2. The van der Waals surface area contributed by atoms with Gasteiger partial charge in [-0.2, -0.15) is 0 Å². The lowest BCUT2D eigenvalue weighted by Crippen LogP contribution is -2.45. The van der Waals surface area contributed by atoms with Gasteiger partial charge in [0.05, 0.1) is 6.61 Å². The van der Waals surface area contributed by atoms with Crippen LogP contribution in [0.15, 0.2) is 30.3 Å². The summed E-state index contributed by atoms with van der Waals surface area (Å²) in [5, 5.41) is 0. The fourth-order valence-electron chi connectivity index (χ4n) is 2.52. The molecule has 4 nitrogen and oxygen atoms in total. The van der Waals surface area contributed by atoms with E-state index in [9.17, 15) is 4.79 Å². The largest absolute Gasteiger partial charge is 0.450 e. The maximum Gasteiger partial charge on any atom is 0.409 e. The molecule has 0 atom stereocenters. The third kappa shape index (κ3) is 3.40. The van der Waals surface area contributed by atoms with E-state index >= 15 is 0 Å². The summed E-state index contributed by atoms with van der Waals surface area (Å²) in [5.74, 6) is 0. The van der Waals surface area contributed by atoms with E-state index < -0.39 is 0 Å². The number of carbonyl (C=O) groups is 1. The van der Waals surface area contributed by atoms with Gasteiger partial charge in [0.2, 0.25) is 0 Å². The molecular weight excluding hydrogens is 240 g/mol. The van der Waals surface area contributed by atoms with Crippen LogP contribution in [0.25, 0.3) is 0 Å². The number of amides is 1. The molecular formula is C15H22N2O2. The number of piperidine rings is 1. The predicted octanol–water partition coefficient (Wildman–Crippen LogP) is 2.74. The lowest BCUT2D eigenvalue weighted by Gasteiger charge is -2.37. The van der Waals surface area contributed by atoms with Gasteiger partial charge in [0, 0.05) is 31.9 Å². The van der Waals surface area contributed by atoms with Crippen molar-refractivity contribution in [3.63, 3.8) is 0 Å². The maximum atomic E-state index is 11.6. The molecule has 0 N–H and O–H groups in total. The molecule has 1 aliphatic heterocycles. The number of para-hydroxylation sites is 1. The highest BCUT2D eigenvalue weighted by atomic mass is 16.6. The highest BCUT2D eigenvalue weighted by Gasteiger charge is 2.25. The lowest BCUT2D eigenvalue weighted by molar-refractivity contribution is 0.0971. The summed E-state index contributed by atoms with van der Waals surface area (Å²) in [4.78, 5) is 15.7. The number of rotatable bonds is 3. The van der Waals surface area contributed by atoms with E-state index in [1.54, 1.807) is 4.90 Å². The zero-order valence-electron chi connectivity index (χ0n) is 11.7. The second-order valence-corrected chi connectivity index (χ2v) is 4.86. The number of benzene rings is 1. The van der Waals surface area contributed by atoms with Crippen LogP contribution in [0, 0.1) is 0 Å². The van der Waals surface area contributed by atoms with Gasteiger partial charge in [-0.25, -0.2) is 4.79 Å². The molecule has 1 fully saturated rings. The Morgan fingerprint density at radius 2 is 1.95 bits per heavy atom. The van der Waals surface area contributed by atoms with Gasteiger partial charge < -0.3 is 14.5 Å². The normalized spacial score (nSPS) is 16.2. The van der Waals surface area contributed by atoms with Crippen molar-refractivity contribution in [1.82, 2.24) is 4.90 Å². The van der Waals surface area contributed by atoms with E-state index in [1.807, 2.05) is 13.0 Å². The van der Waals surface area contributed by atoms with Crippen molar-refractivity contribution < 1.29 is 9.53 Å². The number of carbonyl (C=O) groups excluding carboxylic acids is 1. The summed E-state index contributed by atoms with van der Waals surface area (Å²) in [6.45, 7) is 3.85. The minimum atomic E-state index is -0.177. The molecule has 0 saturated carbocycles. The minimum Gasteiger partial charge on any atom is -0.450 e. The Hall–Kier alpha value is -1.71. The van der Waals surface area contributed by atoms with Crippen LogP contribution in [0.2, 0.25) is 0 Å². The molecule has 1 heterocycles. The number of likely N-dealkylation sites (tertiary alicyclic amines) is 1.